The van der Waals surface area contributed by atoms with Crippen molar-refractivity contribution in [3.63, 3.8) is 0 Å². The molecule has 0 heterocycles. The van der Waals surface area contributed by atoms with Crippen molar-refractivity contribution in [3.05, 3.63) is 44.6 Å². The van der Waals surface area contributed by atoms with Gasteiger partial charge in [0.1, 0.15) is 0 Å². The lowest BCUT2D eigenvalue weighted by Crippen LogP contribution is -2.28. The highest BCUT2D eigenvalue weighted by Crippen LogP contribution is 2.58. The van der Waals surface area contributed by atoms with Gasteiger partial charge in [0, 0.05) is 17.3 Å². The van der Waals surface area contributed by atoms with Crippen LogP contribution in [0.4, 0.5) is 0 Å². The molecule has 29 heavy (non-hydrogen) atoms. The first kappa shape index (κ1) is 24.2. The highest BCUT2D eigenvalue weighted by molar-refractivity contribution is 5.59. The van der Waals surface area contributed by atoms with Crippen LogP contribution in [0.5, 0.6) is 0 Å². The predicted molar refractivity (Wildman–Crippen MR) is 131 cm³/mol. The fourth-order valence-electron chi connectivity index (χ4n) is 7.18. The second-order valence-corrected chi connectivity index (χ2v) is 9.46. The van der Waals surface area contributed by atoms with E-state index in [1.165, 1.54) is 51.4 Å². The van der Waals surface area contributed by atoms with E-state index in [9.17, 15) is 0 Å². The fraction of sp³-hybridized carbons (Fsp3) is 0.724. The third-order valence-corrected chi connectivity index (χ3v) is 8.03. The van der Waals surface area contributed by atoms with Gasteiger partial charge < -0.3 is 0 Å². The Bertz CT molecular complexity index is 670. The second-order valence-electron chi connectivity index (χ2n) is 9.46. The van der Waals surface area contributed by atoms with Gasteiger partial charge in [-0.25, -0.2) is 0 Å². The minimum atomic E-state index is 0.146. The highest BCUT2D eigenvalue weighted by Gasteiger charge is 2.45. The SMILES string of the molecule is CCC1=C(CC)C(CC)C(C(C)(C)C2=C(CC)C(CC)=C(CC)C2CC)=C1CC. The van der Waals surface area contributed by atoms with Crippen LogP contribution in [0.2, 0.25) is 0 Å². The van der Waals surface area contributed by atoms with E-state index in [0.29, 0.717) is 11.8 Å². The first-order valence-electron chi connectivity index (χ1n) is 12.7. The molecule has 0 amide bonds. The summed E-state index contributed by atoms with van der Waals surface area (Å²) in [6, 6.07) is 0. The summed E-state index contributed by atoms with van der Waals surface area (Å²) in [7, 11) is 0. The van der Waals surface area contributed by atoms with Gasteiger partial charge in [0.05, 0.1) is 0 Å². The largest absolute Gasteiger partial charge is 0.0645 e. The Morgan fingerprint density at radius 3 is 1.00 bits per heavy atom. The van der Waals surface area contributed by atoms with E-state index in [2.05, 4.69) is 69.2 Å². The molecule has 0 aromatic heterocycles. The van der Waals surface area contributed by atoms with Gasteiger partial charge in [-0.2, -0.15) is 0 Å². The zero-order valence-electron chi connectivity index (χ0n) is 21.3. The molecule has 2 rings (SSSR count). The third kappa shape index (κ3) is 3.75. The van der Waals surface area contributed by atoms with E-state index < -0.39 is 0 Å². The summed E-state index contributed by atoms with van der Waals surface area (Å²) in [6.07, 6.45) is 9.66. The van der Waals surface area contributed by atoms with E-state index in [1.807, 2.05) is 0 Å². The first-order chi connectivity index (χ1) is 13.8. The van der Waals surface area contributed by atoms with Crippen molar-refractivity contribution in [3.8, 4) is 0 Å². The highest BCUT2D eigenvalue weighted by atomic mass is 14.5. The second kappa shape index (κ2) is 9.84. The zero-order chi connectivity index (χ0) is 21.9. The Labute approximate surface area is 182 Å². The van der Waals surface area contributed by atoms with E-state index in [1.54, 1.807) is 44.6 Å². The number of hydrogen-bond acceptors (Lipinski definition) is 0. The van der Waals surface area contributed by atoms with Crippen LogP contribution in [0.15, 0.2) is 44.6 Å². The van der Waals surface area contributed by atoms with Gasteiger partial charge in [-0.3, -0.25) is 0 Å². The number of allylic oxidation sites excluding steroid dienone is 8. The molecule has 2 aliphatic carbocycles. The Hall–Kier alpha value is -1.04. The predicted octanol–water partition coefficient (Wildman–Crippen LogP) is 9.74. The van der Waals surface area contributed by atoms with Crippen molar-refractivity contribution in [1.29, 1.82) is 0 Å². The van der Waals surface area contributed by atoms with E-state index >= 15 is 0 Å². The van der Waals surface area contributed by atoms with E-state index in [4.69, 9.17) is 0 Å². The monoisotopic (exact) mass is 396 g/mol. The third-order valence-electron chi connectivity index (χ3n) is 8.03. The topological polar surface area (TPSA) is 0 Å². The standard InChI is InChI=1S/C29H48/c1-11-19-20(12-2)24(16-6)27(23(19)15-5)29(9,10)28-25(17-7)21(13-3)22(14-4)26(28)18-8/h23,25H,11-18H2,1-10H3. The van der Waals surface area contributed by atoms with Crippen molar-refractivity contribution in [1.82, 2.24) is 0 Å². The molecule has 2 aliphatic rings. The Kier molecular flexibility index (Phi) is 8.23. The van der Waals surface area contributed by atoms with E-state index in [0.717, 1.165) is 0 Å². The van der Waals surface area contributed by atoms with Crippen LogP contribution in [-0.4, -0.2) is 0 Å². The molecule has 0 spiro atoms. The number of hydrogen-bond donors (Lipinski definition) is 0. The summed E-state index contributed by atoms with van der Waals surface area (Å²) < 4.78 is 0. The molecule has 0 nitrogen and oxygen atoms in total. The van der Waals surface area contributed by atoms with Crippen molar-refractivity contribution in [2.75, 3.05) is 0 Å². The van der Waals surface area contributed by atoms with Gasteiger partial charge in [-0.05, 0) is 84.8 Å². The molecular weight excluding hydrogens is 348 g/mol. The van der Waals surface area contributed by atoms with Crippen LogP contribution < -0.4 is 0 Å². The smallest absolute Gasteiger partial charge is 0.00878 e. The van der Waals surface area contributed by atoms with Gasteiger partial charge in [0.25, 0.3) is 0 Å². The molecule has 0 bridgehead atoms. The summed E-state index contributed by atoms with van der Waals surface area (Å²) in [5.41, 5.74) is 14.0. The number of rotatable bonds is 10. The van der Waals surface area contributed by atoms with Crippen LogP contribution >= 0.6 is 0 Å². The summed E-state index contributed by atoms with van der Waals surface area (Å²) in [5.74, 6) is 1.30. The normalized spacial score (nSPS) is 23.4. The maximum absolute atomic E-state index is 2.58. The minimum Gasteiger partial charge on any atom is -0.0645 e. The van der Waals surface area contributed by atoms with Gasteiger partial charge in [-0.15, -0.1) is 0 Å². The molecule has 0 N–H and O–H groups in total. The molecule has 164 valence electrons. The molecule has 0 aromatic rings. The van der Waals surface area contributed by atoms with Crippen molar-refractivity contribution in [2.24, 2.45) is 17.3 Å². The molecular formula is C29H48. The van der Waals surface area contributed by atoms with Gasteiger partial charge >= 0.3 is 0 Å². The Morgan fingerprint density at radius 1 is 0.483 bits per heavy atom. The molecule has 0 saturated carbocycles. The molecule has 0 heteroatoms. The maximum atomic E-state index is 2.58. The van der Waals surface area contributed by atoms with Gasteiger partial charge in [0.15, 0.2) is 0 Å². The van der Waals surface area contributed by atoms with E-state index in [-0.39, 0.29) is 5.41 Å². The Balaban J connectivity index is 2.76. The molecule has 2 unspecified atom stereocenters. The van der Waals surface area contributed by atoms with Crippen molar-refractivity contribution < 1.29 is 0 Å². The lowest BCUT2D eigenvalue weighted by molar-refractivity contribution is 0.417. The average Bonchev–Trinajstić information content (AvgIpc) is 3.24. The van der Waals surface area contributed by atoms with Gasteiger partial charge in [0.2, 0.25) is 0 Å². The molecule has 0 radical (unpaired) electrons. The summed E-state index contributed by atoms with van der Waals surface area (Å²) in [6.45, 7) is 24.3. The minimum absolute atomic E-state index is 0.146. The summed E-state index contributed by atoms with van der Waals surface area (Å²) >= 11 is 0. The van der Waals surface area contributed by atoms with Crippen LogP contribution in [-0.2, 0) is 0 Å². The fourth-order valence-corrected chi connectivity index (χ4v) is 7.18. The van der Waals surface area contributed by atoms with Crippen LogP contribution in [0.3, 0.4) is 0 Å². The van der Waals surface area contributed by atoms with Crippen molar-refractivity contribution >= 4 is 0 Å². The molecule has 2 atom stereocenters. The zero-order valence-corrected chi connectivity index (χ0v) is 21.3. The van der Waals surface area contributed by atoms with Crippen LogP contribution in [0.25, 0.3) is 0 Å². The first-order valence-corrected chi connectivity index (χ1v) is 12.7. The average molecular weight is 397 g/mol. The molecule has 0 aromatic carbocycles. The molecule has 0 aliphatic heterocycles. The molecule has 0 fully saturated rings. The molecule has 0 saturated heterocycles. The maximum Gasteiger partial charge on any atom is 0.00878 e. The summed E-state index contributed by atoms with van der Waals surface area (Å²) in [5, 5.41) is 0. The van der Waals surface area contributed by atoms with Crippen LogP contribution in [0.1, 0.15) is 121 Å². The Morgan fingerprint density at radius 2 is 0.793 bits per heavy atom. The van der Waals surface area contributed by atoms with Gasteiger partial charge in [-0.1, -0.05) is 80.4 Å². The van der Waals surface area contributed by atoms with Crippen LogP contribution in [0, 0.1) is 17.3 Å². The lowest BCUT2D eigenvalue weighted by Gasteiger charge is -2.39. The lowest BCUT2D eigenvalue weighted by atomic mass is 9.65. The summed E-state index contributed by atoms with van der Waals surface area (Å²) in [4.78, 5) is 0. The van der Waals surface area contributed by atoms with Crippen molar-refractivity contribution in [2.45, 2.75) is 121 Å². The quantitative estimate of drug-likeness (QED) is 0.344.